The molecule has 0 spiro atoms. The van der Waals surface area contributed by atoms with Crippen LogP contribution in [0.25, 0.3) is 0 Å². The molecule has 3 N–H and O–H groups in total. The molecular weight excluding hydrogens is 346 g/mol. The standard InChI is InChI=1S/C24H35N3O/c1-4-6-11-20-15-17-21(18-16-20)19(3)25-23(14-7-5-2)27-24(28)26-22-12-9-8-10-13-22/h8-10,12-13,15-19,23,25H,4-7,11,14H2,1-3H3,(H2,26,27,28). The summed E-state index contributed by atoms with van der Waals surface area (Å²) in [7, 11) is 0. The van der Waals surface area contributed by atoms with Crippen molar-refractivity contribution in [3.8, 4) is 0 Å². The number of carbonyl (C=O) groups is 1. The van der Waals surface area contributed by atoms with Gasteiger partial charge in [0, 0.05) is 11.7 Å². The minimum atomic E-state index is -0.179. The fourth-order valence-corrected chi connectivity index (χ4v) is 3.20. The van der Waals surface area contributed by atoms with Gasteiger partial charge in [-0.05, 0) is 49.4 Å². The molecule has 0 aromatic heterocycles. The van der Waals surface area contributed by atoms with Crippen LogP contribution in [0, 0.1) is 0 Å². The highest BCUT2D eigenvalue weighted by Gasteiger charge is 2.15. The molecule has 152 valence electrons. The Labute approximate surface area is 170 Å². The van der Waals surface area contributed by atoms with E-state index in [2.05, 4.69) is 61.0 Å². The van der Waals surface area contributed by atoms with Crippen LogP contribution >= 0.6 is 0 Å². The average molecular weight is 382 g/mol. The van der Waals surface area contributed by atoms with E-state index < -0.39 is 0 Å². The Morgan fingerprint density at radius 1 is 0.929 bits per heavy atom. The van der Waals surface area contributed by atoms with Gasteiger partial charge in [-0.3, -0.25) is 5.32 Å². The van der Waals surface area contributed by atoms with Crippen LogP contribution in [0.5, 0.6) is 0 Å². The van der Waals surface area contributed by atoms with Crippen LogP contribution < -0.4 is 16.0 Å². The van der Waals surface area contributed by atoms with Crippen LogP contribution in [0.15, 0.2) is 54.6 Å². The van der Waals surface area contributed by atoms with E-state index in [1.165, 1.54) is 24.0 Å². The second-order valence-corrected chi connectivity index (χ2v) is 7.39. The second kappa shape index (κ2) is 12.2. The average Bonchev–Trinajstić information content (AvgIpc) is 2.71. The normalized spacial score (nSPS) is 13.0. The number of rotatable bonds is 11. The fourth-order valence-electron chi connectivity index (χ4n) is 3.20. The van der Waals surface area contributed by atoms with Gasteiger partial charge in [0.25, 0.3) is 0 Å². The number of unbranched alkanes of at least 4 members (excludes halogenated alkanes) is 2. The molecule has 0 aliphatic rings. The van der Waals surface area contributed by atoms with Gasteiger partial charge in [0.2, 0.25) is 0 Å². The van der Waals surface area contributed by atoms with E-state index in [9.17, 15) is 4.79 Å². The topological polar surface area (TPSA) is 53.2 Å². The van der Waals surface area contributed by atoms with Crippen LogP contribution in [0.3, 0.4) is 0 Å². The molecule has 0 aliphatic carbocycles. The largest absolute Gasteiger partial charge is 0.323 e. The molecule has 28 heavy (non-hydrogen) atoms. The Hall–Kier alpha value is -2.33. The van der Waals surface area contributed by atoms with Crippen molar-refractivity contribution in [2.24, 2.45) is 0 Å². The Morgan fingerprint density at radius 2 is 1.61 bits per heavy atom. The highest BCUT2D eigenvalue weighted by molar-refractivity contribution is 5.89. The van der Waals surface area contributed by atoms with Gasteiger partial charge in [-0.2, -0.15) is 0 Å². The predicted molar refractivity (Wildman–Crippen MR) is 119 cm³/mol. The molecule has 4 heteroatoms. The number of urea groups is 1. The molecule has 2 atom stereocenters. The molecule has 2 unspecified atom stereocenters. The Kier molecular flexibility index (Phi) is 9.56. The van der Waals surface area contributed by atoms with Crippen molar-refractivity contribution in [1.82, 2.24) is 10.6 Å². The van der Waals surface area contributed by atoms with E-state index in [0.717, 1.165) is 31.4 Å². The lowest BCUT2D eigenvalue weighted by Gasteiger charge is -2.25. The highest BCUT2D eigenvalue weighted by Crippen LogP contribution is 2.16. The van der Waals surface area contributed by atoms with Crippen molar-refractivity contribution in [2.75, 3.05) is 5.32 Å². The number of hydrogen-bond donors (Lipinski definition) is 3. The van der Waals surface area contributed by atoms with Crippen molar-refractivity contribution >= 4 is 11.7 Å². The Morgan fingerprint density at radius 3 is 2.25 bits per heavy atom. The van der Waals surface area contributed by atoms with Gasteiger partial charge in [-0.15, -0.1) is 0 Å². The minimum Gasteiger partial charge on any atom is -0.323 e. The van der Waals surface area contributed by atoms with E-state index in [-0.39, 0.29) is 18.2 Å². The summed E-state index contributed by atoms with van der Waals surface area (Å²) in [6.45, 7) is 6.54. The third kappa shape index (κ3) is 7.73. The van der Waals surface area contributed by atoms with Crippen molar-refractivity contribution in [3.05, 3.63) is 65.7 Å². The lowest BCUT2D eigenvalue weighted by Crippen LogP contribution is -2.47. The van der Waals surface area contributed by atoms with Crippen LogP contribution in [-0.2, 0) is 6.42 Å². The first-order chi connectivity index (χ1) is 13.6. The number of nitrogens with one attached hydrogen (secondary N) is 3. The molecule has 0 fully saturated rings. The number of aryl methyl sites for hydroxylation is 1. The first kappa shape index (κ1) is 22.0. The molecule has 2 amide bonds. The van der Waals surface area contributed by atoms with Crippen molar-refractivity contribution in [1.29, 1.82) is 0 Å². The van der Waals surface area contributed by atoms with Gasteiger partial charge in [0.1, 0.15) is 0 Å². The van der Waals surface area contributed by atoms with Gasteiger partial charge in [0.15, 0.2) is 0 Å². The Bertz CT molecular complexity index is 685. The number of carbonyl (C=O) groups excluding carboxylic acids is 1. The molecule has 0 saturated heterocycles. The lowest BCUT2D eigenvalue weighted by atomic mass is 10.0. The monoisotopic (exact) mass is 381 g/mol. The maximum Gasteiger partial charge on any atom is 0.320 e. The zero-order valence-corrected chi connectivity index (χ0v) is 17.5. The molecule has 2 aromatic carbocycles. The molecule has 0 heterocycles. The molecule has 0 radical (unpaired) electrons. The maximum atomic E-state index is 12.4. The third-order valence-electron chi connectivity index (χ3n) is 4.93. The van der Waals surface area contributed by atoms with Crippen molar-refractivity contribution in [3.63, 3.8) is 0 Å². The molecule has 0 aliphatic heterocycles. The van der Waals surface area contributed by atoms with Crippen LogP contribution in [0.1, 0.15) is 70.0 Å². The summed E-state index contributed by atoms with van der Waals surface area (Å²) >= 11 is 0. The maximum absolute atomic E-state index is 12.4. The SMILES string of the molecule is CCCCc1ccc(C(C)NC(CCCC)NC(=O)Nc2ccccc2)cc1. The van der Waals surface area contributed by atoms with Gasteiger partial charge >= 0.3 is 6.03 Å². The lowest BCUT2D eigenvalue weighted by molar-refractivity contribution is 0.242. The van der Waals surface area contributed by atoms with Crippen molar-refractivity contribution < 1.29 is 4.79 Å². The van der Waals surface area contributed by atoms with Crippen LogP contribution in [0.4, 0.5) is 10.5 Å². The van der Waals surface area contributed by atoms with E-state index in [0.29, 0.717) is 0 Å². The summed E-state index contributed by atoms with van der Waals surface area (Å²) in [5.74, 6) is 0. The smallest absolute Gasteiger partial charge is 0.320 e. The summed E-state index contributed by atoms with van der Waals surface area (Å²) in [5, 5.41) is 9.55. The molecular formula is C24H35N3O. The number of amides is 2. The number of benzene rings is 2. The van der Waals surface area contributed by atoms with Gasteiger partial charge in [0.05, 0.1) is 6.17 Å². The van der Waals surface area contributed by atoms with E-state index in [1.807, 2.05) is 30.3 Å². The van der Waals surface area contributed by atoms with E-state index in [1.54, 1.807) is 0 Å². The van der Waals surface area contributed by atoms with Crippen LogP contribution in [-0.4, -0.2) is 12.2 Å². The molecule has 0 bridgehead atoms. The highest BCUT2D eigenvalue weighted by atomic mass is 16.2. The number of anilines is 1. The number of para-hydroxylation sites is 1. The Balaban J connectivity index is 1.93. The summed E-state index contributed by atoms with van der Waals surface area (Å²) in [4.78, 5) is 12.4. The van der Waals surface area contributed by atoms with Crippen LogP contribution in [0.2, 0.25) is 0 Å². The summed E-state index contributed by atoms with van der Waals surface area (Å²) in [6, 6.07) is 18.4. The molecule has 0 saturated carbocycles. The number of hydrogen-bond acceptors (Lipinski definition) is 2. The fraction of sp³-hybridized carbons (Fsp3) is 0.458. The molecule has 4 nitrogen and oxygen atoms in total. The third-order valence-corrected chi connectivity index (χ3v) is 4.93. The quantitative estimate of drug-likeness (QED) is 0.417. The predicted octanol–water partition coefficient (Wildman–Crippen LogP) is 6.02. The zero-order valence-electron chi connectivity index (χ0n) is 17.5. The zero-order chi connectivity index (χ0) is 20.2. The van der Waals surface area contributed by atoms with Crippen molar-refractivity contribution in [2.45, 2.75) is 71.5 Å². The second-order valence-electron chi connectivity index (χ2n) is 7.39. The first-order valence-electron chi connectivity index (χ1n) is 10.6. The van der Waals surface area contributed by atoms with Gasteiger partial charge in [-0.25, -0.2) is 4.79 Å². The first-order valence-corrected chi connectivity index (χ1v) is 10.6. The van der Waals surface area contributed by atoms with E-state index >= 15 is 0 Å². The summed E-state index contributed by atoms with van der Waals surface area (Å²) < 4.78 is 0. The van der Waals surface area contributed by atoms with Gasteiger partial charge in [-0.1, -0.05) is 75.6 Å². The van der Waals surface area contributed by atoms with Gasteiger partial charge < -0.3 is 10.6 Å². The summed E-state index contributed by atoms with van der Waals surface area (Å²) in [5.41, 5.74) is 3.43. The minimum absolute atomic E-state index is 0.0709. The molecule has 2 rings (SSSR count). The van der Waals surface area contributed by atoms with E-state index in [4.69, 9.17) is 0 Å². The summed E-state index contributed by atoms with van der Waals surface area (Å²) in [6.07, 6.45) is 6.57. The molecule has 2 aromatic rings.